The first-order valence-electron chi connectivity index (χ1n) is 10.3. The van der Waals surface area contributed by atoms with Gasteiger partial charge in [-0.05, 0) is 68.6 Å². The van der Waals surface area contributed by atoms with Crippen molar-refractivity contribution in [2.45, 2.75) is 38.3 Å². The molecule has 0 unspecified atom stereocenters. The van der Waals surface area contributed by atoms with Gasteiger partial charge in [0.25, 0.3) is 0 Å². The number of likely N-dealkylation sites (tertiary alicyclic amines) is 2. The minimum atomic E-state index is 0.112. The van der Waals surface area contributed by atoms with Crippen molar-refractivity contribution in [2.24, 2.45) is 5.92 Å². The first-order chi connectivity index (χ1) is 13.7. The van der Waals surface area contributed by atoms with Gasteiger partial charge in [0.1, 0.15) is 0 Å². The van der Waals surface area contributed by atoms with Gasteiger partial charge in [0.2, 0.25) is 0 Å². The predicted octanol–water partition coefficient (Wildman–Crippen LogP) is 4.29. The molecule has 2 aromatic rings. The third-order valence-electron chi connectivity index (χ3n) is 6.14. The van der Waals surface area contributed by atoms with Gasteiger partial charge in [0, 0.05) is 54.9 Å². The van der Waals surface area contributed by atoms with Crippen LogP contribution < -0.4 is 0 Å². The summed E-state index contributed by atoms with van der Waals surface area (Å²) in [5, 5.41) is 0.680. The molecule has 5 heteroatoms. The summed E-state index contributed by atoms with van der Waals surface area (Å²) < 4.78 is 0. The van der Waals surface area contributed by atoms with E-state index in [0.717, 1.165) is 56.8 Å². The van der Waals surface area contributed by atoms with Gasteiger partial charge in [-0.25, -0.2) is 0 Å². The summed E-state index contributed by atoms with van der Waals surface area (Å²) in [5.41, 5.74) is 1.94. The van der Waals surface area contributed by atoms with Crippen LogP contribution in [0.2, 0.25) is 5.02 Å². The Kier molecular flexibility index (Phi) is 6.40. The molecular formula is C23H28ClN3O. The zero-order valence-electron chi connectivity index (χ0n) is 16.3. The lowest BCUT2D eigenvalue weighted by molar-refractivity contribution is 0.0583. The van der Waals surface area contributed by atoms with Crippen LogP contribution in [0.25, 0.3) is 0 Å². The SMILES string of the molecule is O=C(c1ccc(Cl)cc1)[C@@H]1CCCN(C2CCN(Cc3ccccn3)CC2)C1. The van der Waals surface area contributed by atoms with Gasteiger partial charge in [0.15, 0.2) is 5.78 Å². The fraction of sp³-hybridized carbons (Fsp3) is 0.478. The Balaban J connectivity index is 1.30. The lowest BCUT2D eigenvalue weighted by atomic mass is 9.88. The van der Waals surface area contributed by atoms with E-state index in [-0.39, 0.29) is 11.7 Å². The molecule has 2 aliphatic heterocycles. The number of nitrogens with zero attached hydrogens (tertiary/aromatic N) is 3. The maximum absolute atomic E-state index is 12.9. The predicted molar refractivity (Wildman–Crippen MR) is 113 cm³/mol. The Morgan fingerprint density at radius 1 is 1.04 bits per heavy atom. The topological polar surface area (TPSA) is 36.4 Å². The Morgan fingerprint density at radius 2 is 1.82 bits per heavy atom. The number of carbonyl (C=O) groups excluding carboxylic acids is 1. The van der Waals surface area contributed by atoms with Crippen molar-refractivity contribution in [1.82, 2.24) is 14.8 Å². The van der Waals surface area contributed by atoms with E-state index in [0.29, 0.717) is 11.1 Å². The van der Waals surface area contributed by atoms with E-state index in [1.54, 1.807) is 0 Å². The van der Waals surface area contributed by atoms with Crippen LogP contribution in [0.4, 0.5) is 0 Å². The van der Waals surface area contributed by atoms with Gasteiger partial charge in [-0.1, -0.05) is 17.7 Å². The third-order valence-corrected chi connectivity index (χ3v) is 6.39. The molecule has 0 aliphatic carbocycles. The average Bonchev–Trinajstić information content (AvgIpc) is 2.75. The fourth-order valence-corrected chi connectivity index (χ4v) is 4.69. The fourth-order valence-electron chi connectivity index (χ4n) is 4.57. The quantitative estimate of drug-likeness (QED) is 0.705. The third kappa shape index (κ3) is 4.80. The number of hydrogen-bond donors (Lipinski definition) is 0. The highest BCUT2D eigenvalue weighted by Gasteiger charge is 2.32. The second-order valence-corrected chi connectivity index (χ2v) is 8.47. The normalized spacial score (nSPS) is 22.2. The summed E-state index contributed by atoms with van der Waals surface area (Å²) >= 11 is 5.96. The standard InChI is InChI=1S/C23H28ClN3O/c24-20-8-6-18(7-9-20)23(28)19-4-3-13-27(16-19)22-10-14-26(15-11-22)17-21-5-1-2-12-25-21/h1-2,5-9,12,19,22H,3-4,10-11,13-17H2/t19-/m1/s1. The van der Waals surface area contributed by atoms with Gasteiger partial charge < -0.3 is 0 Å². The van der Waals surface area contributed by atoms with Crippen LogP contribution in [0.5, 0.6) is 0 Å². The summed E-state index contributed by atoms with van der Waals surface area (Å²) in [6.45, 7) is 5.16. The summed E-state index contributed by atoms with van der Waals surface area (Å²) in [6, 6.07) is 14.1. The summed E-state index contributed by atoms with van der Waals surface area (Å²) in [6.07, 6.45) is 6.33. The van der Waals surface area contributed by atoms with E-state index < -0.39 is 0 Å². The molecule has 28 heavy (non-hydrogen) atoms. The number of hydrogen-bond acceptors (Lipinski definition) is 4. The number of halogens is 1. The molecule has 0 saturated carbocycles. The summed E-state index contributed by atoms with van der Waals surface area (Å²) in [4.78, 5) is 22.4. The van der Waals surface area contributed by atoms with Crippen LogP contribution in [0.1, 0.15) is 41.7 Å². The van der Waals surface area contributed by atoms with Crippen molar-refractivity contribution in [3.05, 3.63) is 64.9 Å². The van der Waals surface area contributed by atoms with Gasteiger partial charge in [0.05, 0.1) is 5.69 Å². The highest BCUT2D eigenvalue weighted by molar-refractivity contribution is 6.30. The van der Waals surface area contributed by atoms with E-state index in [2.05, 4.69) is 26.9 Å². The molecule has 0 radical (unpaired) electrons. The van der Waals surface area contributed by atoms with Gasteiger partial charge in [-0.2, -0.15) is 0 Å². The van der Waals surface area contributed by atoms with Crippen molar-refractivity contribution in [1.29, 1.82) is 0 Å². The molecule has 1 atom stereocenters. The van der Waals surface area contributed by atoms with Crippen molar-refractivity contribution in [2.75, 3.05) is 26.2 Å². The maximum atomic E-state index is 12.9. The highest BCUT2D eigenvalue weighted by atomic mass is 35.5. The number of pyridine rings is 1. The second-order valence-electron chi connectivity index (χ2n) is 8.03. The largest absolute Gasteiger partial charge is 0.300 e. The molecular weight excluding hydrogens is 370 g/mol. The number of ketones is 1. The van der Waals surface area contributed by atoms with E-state index in [9.17, 15) is 4.79 Å². The second kappa shape index (κ2) is 9.17. The van der Waals surface area contributed by atoms with Crippen LogP contribution >= 0.6 is 11.6 Å². The lowest BCUT2D eigenvalue weighted by Crippen LogP contribution is -2.49. The Labute approximate surface area is 172 Å². The van der Waals surface area contributed by atoms with Crippen LogP contribution in [0, 0.1) is 5.92 Å². The first-order valence-corrected chi connectivity index (χ1v) is 10.7. The molecule has 4 rings (SSSR count). The zero-order valence-corrected chi connectivity index (χ0v) is 17.0. The number of carbonyl (C=O) groups is 1. The van der Waals surface area contributed by atoms with Gasteiger partial charge in [-0.15, -0.1) is 0 Å². The number of Topliss-reactive ketones (excluding diaryl/α,β-unsaturated/α-hetero) is 1. The molecule has 0 bridgehead atoms. The van der Waals surface area contributed by atoms with Crippen molar-refractivity contribution in [3.8, 4) is 0 Å². The number of rotatable bonds is 5. The summed E-state index contributed by atoms with van der Waals surface area (Å²) in [7, 11) is 0. The molecule has 2 fully saturated rings. The molecule has 3 heterocycles. The van der Waals surface area contributed by atoms with Crippen molar-refractivity contribution >= 4 is 17.4 Å². The van der Waals surface area contributed by atoms with Crippen LogP contribution in [-0.2, 0) is 6.54 Å². The minimum absolute atomic E-state index is 0.112. The van der Waals surface area contributed by atoms with Crippen molar-refractivity contribution < 1.29 is 4.79 Å². The monoisotopic (exact) mass is 397 g/mol. The maximum Gasteiger partial charge on any atom is 0.167 e. The zero-order chi connectivity index (χ0) is 19.3. The molecule has 4 nitrogen and oxygen atoms in total. The lowest BCUT2D eigenvalue weighted by Gasteiger charge is -2.42. The summed E-state index contributed by atoms with van der Waals surface area (Å²) in [5.74, 6) is 0.385. The van der Waals surface area contributed by atoms with Crippen molar-refractivity contribution in [3.63, 3.8) is 0 Å². The van der Waals surface area contributed by atoms with Crippen LogP contribution in [0.3, 0.4) is 0 Å². The van der Waals surface area contributed by atoms with E-state index in [4.69, 9.17) is 11.6 Å². The Hall–Kier alpha value is -1.75. The number of aromatic nitrogens is 1. The van der Waals surface area contributed by atoms with E-state index in [1.807, 2.05) is 36.5 Å². The molecule has 2 aliphatic rings. The highest BCUT2D eigenvalue weighted by Crippen LogP contribution is 2.27. The molecule has 1 aromatic heterocycles. The smallest absolute Gasteiger partial charge is 0.167 e. The molecule has 0 spiro atoms. The molecule has 148 valence electrons. The van der Waals surface area contributed by atoms with Crippen LogP contribution in [0.15, 0.2) is 48.7 Å². The molecule has 0 N–H and O–H groups in total. The number of benzene rings is 1. The van der Waals surface area contributed by atoms with Crippen LogP contribution in [-0.4, -0.2) is 52.8 Å². The molecule has 2 saturated heterocycles. The van der Waals surface area contributed by atoms with E-state index >= 15 is 0 Å². The molecule has 1 aromatic carbocycles. The van der Waals surface area contributed by atoms with Gasteiger partial charge >= 0.3 is 0 Å². The average molecular weight is 398 g/mol. The van der Waals surface area contributed by atoms with E-state index in [1.165, 1.54) is 12.8 Å². The Bertz CT molecular complexity index is 772. The first kappa shape index (κ1) is 19.6. The van der Waals surface area contributed by atoms with Gasteiger partial charge in [-0.3, -0.25) is 19.6 Å². The minimum Gasteiger partial charge on any atom is -0.300 e. The Morgan fingerprint density at radius 3 is 2.54 bits per heavy atom. The molecule has 0 amide bonds. The number of piperidine rings is 2.